The molecule has 2 unspecified atom stereocenters. The van der Waals surface area contributed by atoms with Crippen molar-refractivity contribution < 1.29 is 37.6 Å². The fraction of sp³-hybridized carbons (Fsp3) is 0.646. The van der Waals surface area contributed by atoms with Gasteiger partial charge in [0.2, 0.25) is 0 Å². The second-order valence-electron chi connectivity index (χ2n) is 23.3. The highest BCUT2D eigenvalue weighted by molar-refractivity contribution is 7.47. The van der Waals surface area contributed by atoms with Gasteiger partial charge in [0.05, 0.1) is 13.2 Å². The molecule has 506 valence electrons. The van der Waals surface area contributed by atoms with Crippen LogP contribution in [0.4, 0.5) is 0 Å². The number of phosphoric acid groups is 1. The van der Waals surface area contributed by atoms with E-state index in [1.165, 1.54) is 141 Å². The van der Waals surface area contributed by atoms with Gasteiger partial charge < -0.3 is 20.1 Å². The Labute approximate surface area is 547 Å². The number of esters is 2. The summed E-state index contributed by atoms with van der Waals surface area (Å²) < 4.78 is 33.2. The van der Waals surface area contributed by atoms with E-state index >= 15 is 0 Å². The normalized spacial score (nSPS) is 13.9. The maximum Gasteiger partial charge on any atom is 0.472 e. The molecule has 9 nitrogen and oxygen atoms in total. The minimum absolute atomic E-state index is 0.0475. The number of allylic oxidation sites excluding steroid dienone is 26. The highest BCUT2D eigenvalue weighted by Gasteiger charge is 2.26. The van der Waals surface area contributed by atoms with Crippen molar-refractivity contribution >= 4 is 19.8 Å². The zero-order valence-corrected chi connectivity index (χ0v) is 57.8. The summed E-state index contributed by atoms with van der Waals surface area (Å²) in [6.07, 6.45) is 106. The third kappa shape index (κ3) is 72.6. The van der Waals surface area contributed by atoms with Gasteiger partial charge in [0.15, 0.2) is 6.10 Å². The molecule has 0 saturated carbocycles. The van der Waals surface area contributed by atoms with Crippen molar-refractivity contribution in [1.82, 2.24) is 0 Å². The van der Waals surface area contributed by atoms with E-state index in [-0.39, 0.29) is 38.6 Å². The van der Waals surface area contributed by atoms with Crippen molar-refractivity contribution in [2.24, 2.45) is 5.73 Å². The average molecular weight is 1250 g/mol. The highest BCUT2D eigenvalue weighted by atomic mass is 31.2. The zero-order valence-electron chi connectivity index (χ0n) is 56.9. The monoisotopic (exact) mass is 1250 g/mol. The summed E-state index contributed by atoms with van der Waals surface area (Å²) in [5.41, 5.74) is 5.41. The van der Waals surface area contributed by atoms with Crippen molar-refractivity contribution in [3.05, 3.63) is 158 Å². The van der Waals surface area contributed by atoms with Crippen LogP contribution in [0.3, 0.4) is 0 Å². The molecular weight excluding hydrogens is 1120 g/mol. The van der Waals surface area contributed by atoms with Gasteiger partial charge in [0.1, 0.15) is 6.61 Å². The van der Waals surface area contributed by atoms with Gasteiger partial charge in [-0.3, -0.25) is 18.6 Å². The molecule has 2 atom stereocenters. The molecule has 0 aliphatic carbocycles. The van der Waals surface area contributed by atoms with E-state index in [9.17, 15) is 19.0 Å². The van der Waals surface area contributed by atoms with Gasteiger partial charge in [-0.1, -0.05) is 320 Å². The highest BCUT2D eigenvalue weighted by Crippen LogP contribution is 2.43. The molecule has 0 saturated heterocycles. The van der Waals surface area contributed by atoms with Crippen molar-refractivity contribution in [2.75, 3.05) is 26.4 Å². The van der Waals surface area contributed by atoms with E-state index in [0.29, 0.717) is 6.42 Å². The van der Waals surface area contributed by atoms with Crippen molar-refractivity contribution in [3.63, 3.8) is 0 Å². The van der Waals surface area contributed by atoms with Gasteiger partial charge in [0, 0.05) is 19.4 Å². The fourth-order valence-electron chi connectivity index (χ4n) is 9.68. The molecule has 0 aliphatic heterocycles. The van der Waals surface area contributed by atoms with Gasteiger partial charge in [0.25, 0.3) is 0 Å². The summed E-state index contributed by atoms with van der Waals surface area (Å²) >= 11 is 0. The molecule has 0 aliphatic rings. The molecule has 0 heterocycles. The summed E-state index contributed by atoms with van der Waals surface area (Å²) in [4.78, 5) is 35.4. The molecule has 89 heavy (non-hydrogen) atoms. The van der Waals surface area contributed by atoms with Gasteiger partial charge >= 0.3 is 19.8 Å². The average Bonchev–Trinajstić information content (AvgIpc) is 3.68. The number of ether oxygens (including phenoxy) is 2. The quantitative estimate of drug-likeness (QED) is 0.0264. The Morgan fingerprint density at radius 1 is 0.337 bits per heavy atom. The van der Waals surface area contributed by atoms with Crippen LogP contribution in [0.5, 0.6) is 0 Å². The first-order valence-electron chi connectivity index (χ1n) is 36.0. The summed E-state index contributed by atoms with van der Waals surface area (Å²) in [5, 5.41) is 0. The van der Waals surface area contributed by atoms with Crippen molar-refractivity contribution in [2.45, 2.75) is 302 Å². The van der Waals surface area contributed by atoms with Crippen LogP contribution < -0.4 is 5.73 Å². The van der Waals surface area contributed by atoms with Crippen molar-refractivity contribution in [1.29, 1.82) is 0 Å². The summed E-state index contributed by atoms with van der Waals surface area (Å²) in [6.45, 7) is 3.53. The lowest BCUT2D eigenvalue weighted by molar-refractivity contribution is -0.161. The Balaban J connectivity index is 3.91. The first-order valence-corrected chi connectivity index (χ1v) is 37.5. The van der Waals surface area contributed by atoms with E-state index < -0.39 is 26.5 Å². The van der Waals surface area contributed by atoms with Crippen LogP contribution in [0.1, 0.15) is 296 Å². The van der Waals surface area contributed by atoms with Gasteiger partial charge in [-0.05, 0) is 122 Å². The molecule has 0 aromatic carbocycles. The molecular formula is C79H132NO8P. The van der Waals surface area contributed by atoms with E-state index in [0.717, 1.165) is 122 Å². The predicted molar refractivity (Wildman–Crippen MR) is 385 cm³/mol. The fourth-order valence-corrected chi connectivity index (χ4v) is 10.4. The molecule has 0 bridgehead atoms. The summed E-state index contributed by atoms with van der Waals surface area (Å²) in [7, 11) is -4.40. The van der Waals surface area contributed by atoms with Crippen LogP contribution in [-0.2, 0) is 32.7 Å². The first kappa shape index (κ1) is 84.6. The molecule has 0 aromatic rings. The number of carbonyl (C=O) groups excluding carboxylic acids is 2. The second kappa shape index (κ2) is 72.7. The molecule has 0 fully saturated rings. The third-order valence-electron chi connectivity index (χ3n) is 14.9. The Hall–Kier alpha value is -4.37. The smallest absolute Gasteiger partial charge is 0.462 e. The second-order valence-corrected chi connectivity index (χ2v) is 24.8. The number of nitrogens with two attached hydrogens (primary N) is 1. The van der Waals surface area contributed by atoms with Gasteiger partial charge in [-0.15, -0.1) is 0 Å². The summed E-state index contributed by atoms with van der Waals surface area (Å²) in [5.74, 6) is -0.830. The van der Waals surface area contributed by atoms with E-state index in [4.69, 9.17) is 24.3 Å². The molecule has 0 spiro atoms. The number of carbonyl (C=O) groups is 2. The lowest BCUT2D eigenvalue weighted by atomic mass is 10.0. The van der Waals surface area contributed by atoms with Crippen LogP contribution >= 0.6 is 7.82 Å². The number of unbranched alkanes of at least 4 members (excludes halogenated alkanes) is 27. The molecule has 10 heteroatoms. The van der Waals surface area contributed by atoms with Crippen LogP contribution in [0.15, 0.2) is 158 Å². The molecule has 0 rings (SSSR count). The Kier molecular flexibility index (Phi) is 69.1. The first-order chi connectivity index (χ1) is 43.8. The SMILES string of the molecule is CC/C=C\C/C=C\C/C=C\C/C=C\C/C=C\C/C=C\C/C=C\C/C=C\CCCCCCCCCCCCCCCCC(=O)OC(COC(=O)CCCCCCCCCCCCCCC/C=C\C/C=C\C/C=C\C/C=C\C/C=C\CC)COP(=O)(O)OCCN. The Morgan fingerprint density at radius 2 is 0.584 bits per heavy atom. The maximum atomic E-state index is 12.8. The maximum absolute atomic E-state index is 12.8. The molecule has 0 aromatic heterocycles. The number of hydrogen-bond acceptors (Lipinski definition) is 8. The largest absolute Gasteiger partial charge is 0.472 e. The minimum atomic E-state index is -4.40. The van der Waals surface area contributed by atoms with Crippen molar-refractivity contribution in [3.8, 4) is 0 Å². The van der Waals surface area contributed by atoms with E-state index in [1.54, 1.807) is 0 Å². The standard InChI is InChI=1S/C79H132NO8P/c1-3-5-7-9-11-13-15-17-19-21-23-25-27-29-31-33-34-35-36-37-38-39-40-41-42-44-46-48-50-52-54-56-58-60-62-64-66-68-70-72-79(82)88-77(76-87-89(83,84)86-74-73-80)75-85-78(81)71-69-67-65-63-61-59-57-55-53-51-49-47-45-43-32-30-28-26-24-22-20-18-16-14-12-10-8-6-4-2/h5-8,11-14,17-20,23-26,29-32,34-35,37-38,40-41,77H,3-4,9-10,15-16,21-22,27-28,33,36,39,42-76,80H2,1-2H3,(H,83,84)/b7-5-,8-6-,13-11-,14-12-,19-17-,20-18-,25-23-,26-24-,31-29-,32-30-,35-34-,38-37-,41-40-. The number of rotatable bonds is 66. The lowest BCUT2D eigenvalue weighted by Crippen LogP contribution is -2.29. The van der Waals surface area contributed by atoms with Gasteiger partial charge in [-0.2, -0.15) is 0 Å². The van der Waals surface area contributed by atoms with Crippen LogP contribution in [0, 0.1) is 0 Å². The minimum Gasteiger partial charge on any atom is -0.462 e. The summed E-state index contributed by atoms with van der Waals surface area (Å²) in [6, 6.07) is 0. The zero-order chi connectivity index (χ0) is 64.4. The molecule has 0 amide bonds. The van der Waals surface area contributed by atoms with Crippen LogP contribution in [0.25, 0.3) is 0 Å². The number of phosphoric ester groups is 1. The predicted octanol–water partition coefficient (Wildman–Crippen LogP) is 24.0. The topological polar surface area (TPSA) is 134 Å². The van der Waals surface area contributed by atoms with Gasteiger partial charge in [-0.25, -0.2) is 4.57 Å². The Bertz CT molecular complexity index is 2020. The number of hydrogen-bond donors (Lipinski definition) is 2. The van der Waals surface area contributed by atoms with Crippen LogP contribution in [-0.4, -0.2) is 49.3 Å². The lowest BCUT2D eigenvalue weighted by Gasteiger charge is -2.19. The Morgan fingerprint density at radius 3 is 0.865 bits per heavy atom. The third-order valence-corrected chi connectivity index (χ3v) is 15.9. The molecule has 0 radical (unpaired) electrons. The van der Waals surface area contributed by atoms with Crippen LogP contribution in [0.2, 0.25) is 0 Å². The molecule has 3 N–H and O–H groups in total. The van der Waals surface area contributed by atoms with E-state index in [1.807, 2.05) is 0 Å². The van der Waals surface area contributed by atoms with E-state index in [2.05, 4.69) is 172 Å².